The fourth-order valence-corrected chi connectivity index (χ4v) is 2.29. The largest absolute Gasteiger partial charge is 0.326 e. The van der Waals surface area contributed by atoms with E-state index in [0.717, 1.165) is 6.26 Å². The molecule has 2 rings (SSSR count). The Morgan fingerprint density at radius 3 is 2.58 bits per heavy atom. The smallest absolute Gasteiger partial charge is 0.178 e. The lowest BCUT2D eigenvalue weighted by Crippen LogP contribution is -2.04. The van der Waals surface area contributed by atoms with E-state index in [1.54, 1.807) is 6.07 Å². The molecule has 0 atom stereocenters. The normalized spacial score (nSPS) is 11.7. The highest BCUT2D eigenvalue weighted by Gasteiger charge is 2.10. The van der Waals surface area contributed by atoms with Crippen molar-refractivity contribution in [2.24, 2.45) is 5.73 Å². The minimum atomic E-state index is -3.27. The van der Waals surface area contributed by atoms with Crippen molar-refractivity contribution >= 4 is 9.84 Å². The van der Waals surface area contributed by atoms with Gasteiger partial charge in [-0.05, 0) is 23.3 Å². The highest BCUT2D eigenvalue weighted by molar-refractivity contribution is 7.90. The third-order valence-electron chi connectivity index (χ3n) is 2.64. The fraction of sp³-hybridized carbons (Fsp3) is 0.250. The van der Waals surface area contributed by atoms with Crippen LogP contribution in [0.1, 0.15) is 11.1 Å². The molecule has 0 unspecified atom stereocenters. The molecule has 1 aromatic heterocycles. The van der Waals surface area contributed by atoms with E-state index in [1.165, 1.54) is 29.2 Å². The van der Waals surface area contributed by atoms with Crippen LogP contribution in [-0.4, -0.2) is 24.5 Å². The molecule has 0 radical (unpaired) electrons. The minimum absolute atomic E-state index is 0.142. The van der Waals surface area contributed by atoms with Crippen LogP contribution >= 0.6 is 0 Å². The molecule has 0 aliphatic heterocycles. The summed E-state index contributed by atoms with van der Waals surface area (Å²) in [6.45, 7) is 0.540. The summed E-state index contributed by atoms with van der Waals surface area (Å²) in [6.07, 6.45) is 3.81. The van der Waals surface area contributed by atoms with Crippen LogP contribution in [0.2, 0.25) is 0 Å². The Balaban J connectivity index is 2.26. The van der Waals surface area contributed by atoms with E-state index in [-0.39, 0.29) is 17.3 Å². The molecule has 7 heteroatoms. The maximum absolute atomic E-state index is 13.3. The number of rotatable bonds is 4. The zero-order valence-corrected chi connectivity index (χ0v) is 11.2. The molecular formula is C12H14FN3O2S. The lowest BCUT2D eigenvalue weighted by atomic mass is 10.1. The van der Waals surface area contributed by atoms with Crippen molar-refractivity contribution in [2.45, 2.75) is 18.0 Å². The molecule has 0 spiro atoms. The zero-order chi connectivity index (χ0) is 14.0. The molecule has 0 saturated carbocycles. The highest BCUT2D eigenvalue weighted by atomic mass is 32.2. The second-order valence-corrected chi connectivity index (χ2v) is 6.33. The maximum atomic E-state index is 13.3. The summed E-state index contributed by atoms with van der Waals surface area (Å²) in [6, 6.07) is 4.51. The van der Waals surface area contributed by atoms with Gasteiger partial charge in [0.2, 0.25) is 0 Å². The van der Waals surface area contributed by atoms with E-state index in [0.29, 0.717) is 17.7 Å². The average molecular weight is 283 g/mol. The average Bonchev–Trinajstić information content (AvgIpc) is 2.76. The molecule has 2 aromatic rings. The predicted molar refractivity (Wildman–Crippen MR) is 68.7 cm³/mol. The van der Waals surface area contributed by atoms with Gasteiger partial charge in [-0.2, -0.15) is 5.10 Å². The molecule has 1 heterocycles. The van der Waals surface area contributed by atoms with Crippen molar-refractivity contribution in [3.8, 4) is 0 Å². The van der Waals surface area contributed by atoms with Crippen LogP contribution in [-0.2, 0) is 22.9 Å². The molecule has 0 amide bonds. The third kappa shape index (κ3) is 3.39. The maximum Gasteiger partial charge on any atom is 0.178 e. The summed E-state index contributed by atoms with van der Waals surface area (Å²) in [4.78, 5) is 0.142. The van der Waals surface area contributed by atoms with E-state index in [1.807, 2.05) is 0 Å². The van der Waals surface area contributed by atoms with Crippen LogP contribution in [0.5, 0.6) is 0 Å². The second-order valence-electron chi connectivity index (χ2n) is 4.32. The van der Waals surface area contributed by atoms with E-state index >= 15 is 0 Å². The number of nitrogens with two attached hydrogens (primary N) is 1. The van der Waals surface area contributed by atoms with Gasteiger partial charge >= 0.3 is 0 Å². The minimum Gasteiger partial charge on any atom is -0.326 e. The van der Waals surface area contributed by atoms with Crippen LogP contribution in [0, 0.1) is 5.82 Å². The van der Waals surface area contributed by atoms with Crippen molar-refractivity contribution in [2.75, 3.05) is 6.26 Å². The van der Waals surface area contributed by atoms with Crippen LogP contribution in [0.3, 0.4) is 0 Å². The highest BCUT2D eigenvalue weighted by Crippen LogP contribution is 2.12. The SMILES string of the molecule is CS(=O)(=O)c1cnn(Cc2cc(F)cc(CN)c2)c1. The first kappa shape index (κ1) is 13.7. The van der Waals surface area contributed by atoms with Crippen molar-refractivity contribution in [3.05, 3.63) is 47.5 Å². The molecule has 19 heavy (non-hydrogen) atoms. The van der Waals surface area contributed by atoms with Gasteiger partial charge in [-0.15, -0.1) is 0 Å². The monoisotopic (exact) mass is 283 g/mol. The number of halogens is 1. The van der Waals surface area contributed by atoms with Gasteiger partial charge in [0, 0.05) is 19.0 Å². The van der Waals surface area contributed by atoms with Crippen molar-refractivity contribution in [1.82, 2.24) is 9.78 Å². The molecule has 0 aliphatic rings. The first-order valence-corrected chi connectivity index (χ1v) is 7.48. The van der Waals surface area contributed by atoms with Gasteiger partial charge in [-0.3, -0.25) is 4.68 Å². The van der Waals surface area contributed by atoms with Gasteiger partial charge < -0.3 is 5.73 Å². The standard InChI is InChI=1S/C12H14FN3O2S/c1-19(17,18)12-6-15-16(8-12)7-10-2-9(5-14)3-11(13)4-10/h2-4,6,8H,5,7,14H2,1H3. The fourth-order valence-electron chi connectivity index (χ4n) is 1.74. The zero-order valence-electron chi connectivity index (χ0n) is 10.4. The molecule has 102 valence electrons. The Labute approximate surface area is 110 Å². The van der Waals surface area contributed by atoms with Gasteiger partial charge in [0.15, 0.2) is 9.84 Å². The number of sulfone groups is 1. The number of benzene rings is 1. The summed E-state index contributed by atoms with van der Waals surface area (Å²) < 4.78 is 37.4. The van der Waals surface area contributed by atoms with Gasteiger partial charge in [-0.25, -0.2) is 12.8 Å². The molecule has 5 nitrogen and oxygen atoms in total. The molecule has 0 aliphatic carbocycles. The summed E-state index contributed by atoms with van der Waals surface area (Å²) in [7, 11) is -3.27. The lowest BCUT2D eigenvalue weighted by molar-refractivity contribution is 0.601. The topological polar surface area (TPSA) is 78.0 Å². The van der Waals surface area contributed by atoms with Crippen LogP contribution < -0.4 is 5.73 Å². The third-order valence-corrected chi connectivity index (χ3v) is 3.70. The molecule has 1 aromatic carbocycles. The van der Waals surface area contributed by atoms with Gasteiger partial charge in [-0.1, -0.05) is 6.07 Å². The molecule has 2 N–H and O–H groups in total. The Bertz CT molecular complexity index is 695. The lowest BCUT2D eigenvalue weighted by Gasteiger charge is -2.05. The van der Waals surface area contributed by atoms with E-state index in [4.69, 9.17) is 5.73 Å². The molecule has 0 fully saturated rings. The second kappa shape index (κ2) is 5.10. The summed E-state index contributed by atoms with van der Waals surface area (Å²) >= 11 is 0. The molecule has 0 saturated heterocycles. The summed E-state index contributed by atoms with van der Waals surface area (Å²) in [5.41, 5.74) is 6.84. The first-order valence-electron chi connectivity index (χ1n) is 5.59. The van der Waals surface area contributed by atoms with Crippen molar-refractivity contribution < 1.29 is 12.8 Å². The Hall–Kier alpha value is -1.73. The van der Waals surface area contributed by atoms with Gasteiger partial charge in [0.05, 0.1) is 12.7 Å². The summed E-state index contributed by atoms with van der Waals surface area (Å²) in [5.74, 6) is -0.367. The van der Waals surface area contributed by atoms with Crippen molar-refractivity contribution in [1.29, 1.82) is 0 Å². The predicted octanol–water partition coefficient (Wildman–Crippen LogP) is 0.933. The quantitative estimate of drug-likeness (QED) is 0.905. The van der Waals surface area contributed by atoms with Gasteiger partial charge in [0.1, 0.15) is 10.7 Å². The van der Waals surface area contributed by atoms with Crippen LogP contribution in [0.25, 0.3) is 0 Å². The molecule has 0 bridgehead atoms. The van der Waals surface area contributed by atoms with Crippen LogP contribution in [0.4, 0.5) is 4.39 Å². The Kier molecular flexibility index (Phi) is 3.68. The number of hydrogen-bond donors (Lipinski definition) is 1. The van der Waals surface area contributed by atoms with E-state index in [2.05, 4.69) is 5.10 Å². The summed E-state index contributed by atoms with van der Waals surface area (Å²) in [5, 5.41) is 3.95. The van der Waals surface area contributed by atoms with Gasteiger partial charge in [0.25, 0.3) is 0 Å². The van der Waals surface area contributed by atoms with E-state index in [9.17, 15) is 12.8 Å². The van der Waals surface area contributed by atoms with E-state index < -0.39 is 9.84 Å². The van der Waals surface area contributed by atoms with Crippen LogP contribution in [0.15, 0.2) is 35.5 Å². The van der Waals surface area contributed by atoms with Crippen molar-refractivity contribution in [3.63, 3.8) is 0 Å². The number of hydrogen-bond acceptors (Lipinski definition) is 4. The Morgan fingerprint density at radius 2 is 2.00 bits per heavy atom. The molecular weight excluding hydrogens is 269 g/mol. The Morgan fingerprint density at radius 1 is 1.32 bits per heavy atom. The first-order chi connectivity index (χ1) is 8.88. The number of nitrogens with zero attached hydrogens (tertiary/aromatic N) is 2. The number of aromatic nitrogens is 2.